The van der Waals surface area contributed by atoms with Gasteiger partial charge in [0.1, 0.15) is 11.4 Å². The Kier molecular flexibility index (Phi) is 5.70. The zero-order chi connectivity index (χ0) is 18.5. The highest BCUT2D eigenvalue weighted by Crippen LogP contribution is 2.22. The molecule has 2 aromatic carbocycles. The van der Waals surface area contributed by atoms with Gasteiger partial charge in [0.2, 0.25) is 0 Å². The number of nitrogens with zero attached hydrogens (tertiary/aromatic N) is 2. The highest BCUT2D eigenvalue weighted by atomic mass is 79.9. The number of aromatic nitrogens is 2. The molecule has 0 aliphatic heterocycles. The summed E-state index contributed by atoms with van der Waals surface area (Å²) in [6.07, 6.45) is 1.51. The fraction of sp³-hybridized carbons (Fsp3) is 0.0556. The first-order valence-corrected chi connectivity index (χ1v) is 8.72. The molecule has 0 fully saturated rings. The highest BCUT2D eigenvalue weighted by Gasteiger charge is 2.10. The fourth-order valence-electron chi connectivity index (χ4n) is 2.23. The Labute approximate surface area is 163 Å². The first kappa shape index (κ1) is 18.2. The maximum atomic E-state index is 12.2. The topological polar surface area (TPSA) is 79.4 Å². The molecule has 0 saturated heterocycles. The Hall–Kier alpha value is -2.64. The number of rotatable bonds is 5. The van der Waals surface area contributed by atoms with Gasteiger partial charge in [-0.3, -0.25) is 9.89 Å². The Morgan fingerprint density at radius 2 is 2.04 bits per heavy atom. The number of carbonyl (C=O) groups excluding carboxylic acids is 1. The Bertz CT molecular complexity index is 954. The molecule has 3 rings (SSSR count). The van der Waals surface area contributed by atoms with Crippen LogP contribution in [-0.2, 0) is 0 Å². The monoisotopic (exact) mass is 432 g/mol. The first-order valence-electron chi connectivity index (χ1n) is 7.55. The number of nitrogens with one attached hydrogen (secondary N) is 2. The molecular weight excluding hydrogens is 420 g/mol. The molecule has 8 heteroatoms. The summed E-state index contributed by atoms with van der Waals surface area (Å²) in [5.74, 6) is 0.251. The van der Waals surface area contributed by atoms with Crippen LogP contribution in [0.15, 0.2) is 58.1 Å². The van der Waals surface area contributed by atoms with Crippen LogP contribution in [0.5, 0.6) is 5.75 Å². The molecule has 0 bridgehead atoms. The minimum Gasteiger partial charge on any atom is -0.496 e. The second kappa shape index (κ2) is 8.16. The van der Waals surface area contributed by atoms with E-state index >= 15 is 0 Å². The minimum atomic E-state index is -0.400. The third kappa shape index (κ3) is 4.30. The van der Waals surface area contributed by atoms with E-state index in [0.717, 1.165) is 15.6 Å². The van der Waals surface area contributed by atoms with Gasteiger partial charge < -0.3 is 4.74 Å². The lowest BCUT2D eigenvalue weighted by Gasteiger charge is -2.04. The normalized spacial score (nSPS) is 10.9. The van der Waals surface area contributed by atoms with E-state index in [1.807, 2.05) is 24.3 Å². The van der Waals surface area contributed by atoms with E-state index in [0.29, 0.717) is 22.2 Å². The average molecular weight is 434 g/mol. The number of hydrogen-bond donors (Lipinski definition) is 2. The summed E-state index contributed by atoms with van der Waals surface area (Å²) in [5.41, 5.74) is 4.99. The number of benzene rings is 2. The van der Waals surface area contributed by atoms with Crippen molar-refractivity contribution in [2.24, 2.45) is 5.10 Å². The highest BCUT2D eigenvalue weighted by molar-refractivity contribution is 9.10. The van der Waals surface area contributed by atoms with Crippen LogP contribution in [0.2, 0.25) is 5.02 Å². The maximum absolute atomic E-state index is 12.2. The van der Waals surface area contributed by atoms with Crippen LogP contribution in [0.4, 0.5) is 0 Å². The lowest BCUT2D eigenvalue weighted by molar-refractivity contribution is 0.0950. The number of H-pyrrole nitrogens is 1. The lowest BCUT2D eigenvalue weighted by atomic mass is 10.1. The van der Waals surface area contributed by atoms with Crippen molar-refractivity contribution in [2.45, 2.75) is 0 Å². The predicted molar refractivity (Wildman–Crippen MR) is 105 cm³/mol. The average Bonchev–Trinajstić information content (AvgIpc) is 3.13. The molecule has 1 amide bonds. The zero-order valence-corrected chi connectivity index (χ0v) is 16.0. The fourth-order valence-corrected chi connectivity index (χ4v) is 2.74. The van der Waals surface area contributed by atoms with Crippen molar-refractivity contribution < 1.29 is 9.53 Å². The van der Waals surface area contributed by atoms with Crippen LogP contribution in [-0.4, -0.2) is 29.4 Å². The smallest absolute Gasteiger partial charge is 0.289 e. The van der Waals surface area contributed by atoms with Crippen molar-refractivity contribution in [3.63, 3.8) is 0 Å². The van der Waals surface area contributed by atoms with Crippen molar-refractivity contribution in [1.82, 2.24) is 15.6 Å². The van der Waals surface area contributed by atoms with Gasteiger partial charge in [0, 0.05) is 20.6 Å². The van der Waals surface area contributed by atoms with Crippen molar-refractivity contribution >= 4 is 39.7 Å². The van der Waals surface area contributed by atoms with Crippen LogP contribution in [0.25, 0.3) is 11.3 Å². The van der Waals surface area contributed by atoms with Crippen LogP contribution in [0, 0.1) is 0 Å². The van der Waals surface area contributed by atoms with Gasteiger partial charge in [0.05, 0.1) is 19.0 Å². The number of aromatic amines is 1. The first-order chi connectivity index (χ1) is 12.6. The molecule has 132 valence electrons. The molecule has 26 heavy (non-hydrogen) atoms. The molecule has 0 atom stereocenters. The largest absolute Gasteiger partial charge is 0.496 e. The molecule has 0 saturated carbocycles. The number of hydrogen-bond acceptors (Lipinski definition) is 4. The zero-order valence-electron chi connectivity index (χ0n) is 13.7. The van der Waals surface area contributed by atoms with E-state index in [-0.39, 0.29) is 0 Å². The van der Waals surface area contributed by atoms with Gasteiger partial charge in [-0.15, -0.1) is 0 Å². The van der Waals surface area contributed by atoms with Crippen LogP contribution in [0.1, 0.15) is 16.1 Å². The third-order valence-electron chi connectivity index (χ3n) is 3.52. The van der Waals surface area contributed by atoms with E-state index in [9.17, 15) is 4.79 Å². The molecule has 0 unspecified atom stereocenters. The summed E-state index contributed by atoms with van der Waals surface area (Å²) >= 11 is 9.26. The molecule has 2 N–H and O–H groups in total. The van der Waals surface area contributed by atoms with E-state index in [1.54, 1.807) is 31.4 Å². The molecule has 0 aliphatic carbocycles. The minimum absolute atomic E-state index is 0.299. The predicted octanol–water partition coefficient (Wildman–Crippen LogP) is 4.27. The number of hydrazone groups is 1. The van der Waals surface area contributed by atoms with Gasteiger partial charge >= 0.3 is 0 Å². The van der Waals surface area contributed by atoms with E-state index in [2.05, 4.69) is 36.7 Å². The second-order valence-electron chi connectivity index (χ2n) is 5.26. The summed E-state index contributed by atoms with van der Waals surface area (Å²) in [5, 5.41) is 11.4. The quantitative estimate of drug-likeness (QED) is 0.466. The summed E-state index contributed by atoms with van der Waals surface area (Å²) < 4.78 is 6.13. The Morgan fingerprint density at radius 1 is 1.27 bits per heavy atom. The number of methoxy groups -OCH3 is 1. The number of amides is 1. The van der Waals surface area contributed by atoms with Crippen molar-refractivity contribution in [2.75, 3.05) is 7.11 Å². The van der Waals surface area contributed by atoms with Crippen molar-refractivity contribution in [3.05, 3.63) is 69.3 Å². The molecule has 0 radical (unpaired) electrons. The SMILES string of the molecule is COc1ccc(Br)cc1/C=N\NC(=O)c1cc(-c2ccc(Cl)cc2)n[nH]1. The summed E-state index contributed by atoms with van der Waals surface area (Å²) in [6.45, 7) is 0. The maximum Gasteiger partial charge on any atom is 0.289 e. The molecule has 3 aromatic rings. The molecular formula is C18H14BrClN4O2. The van der Waals surface area contributed by atoms with Gasteiger partial charge in [-0.1, -0.05) is 39.7 Å². The number of ether oxygens (including phenoxy) is 1. The number of carbonyl (C=O) groups is 1. The van der Waals surface area contributed by atoms with Crippen LogP contribution in [0.3, 0.4) is 0 Å². The van der Waals surface area contributed by atoms with Crippen LogP contribution < -0.4 is 10.2 Å². The standard InChI is InChI=1S/C18H14BrClN4O2/c1-26-17-7-4-13(19)8-12(17)10-21-24-18(25)16-9-15(22-23-16)11-2-5-14(20)6-3-11/h2-10H,1H3,(H,22,23)(H,24,25)/b21-10-. The van der Waals surface area contributed by atoms with Gasteiger partial charge in [-0.25, -0.2) is 5.43 Å². The Morgan fingerprint density at radius 3 is 2.77 bits per heavy atom. The molecule has 6 nitrogen and oxygen atoms in total. The van der Waals surface area contributed by atoms with Gasteiger partial charge in [-0.05, 0) is 36.4 Å². The van der Waals surface area contributed by atoms with Gasteiger partial charge in [0.15, 0.2) is 0 Å². The summed E-state index contributed by atoms with van der Waals surface area (Å²) in [4.78, 5) is 12.2. The summed E-state index contributed by atoms with van der Waals surface area (Å²) in [7, 11) is 1.57. The van der Waals surface area contributed by atoms with E-state index < -0.39 is 5.91 Å². The van der Waals surface area contributed by atoms with Crippen LogP contribution >= 0.6 is 27.5 Å². The summed E-state index contributed by atoms with van der Waals surface area (Å²) in [6, 6.07) is 14.3. The molecule has 1 aromatic heterocycles. The second-order valence-corrected chi connectivity index (χ2v) is 6.61. The van der Waals surface area contributed by atoms with Crippen molar-refractivity contribution in [1.29, 1.82) is 0 Å². The number of halogens is 2. The van der Waals surface area contributed by atoms with E-state index in [1.165, 1.54) is 6.21 Å². The Balaban J connectivity index is 1.69. The lowest BCUT2D eigenvalue weighted by Crippen LogP contribution is -2.18. The van der Waals surface area contributed by atoms with Gasteiger partial charge in [0.25, 0.3) is 5.91 Å². The third-order valence-corrected chi connectivity index (χ3v) is 4.27. The van der Waals surface area contributed by atoms with E-state index in [4.69, 9.17) is 16.3 Å². The molecule has 1 heterocycles. The van der Waals surface area contributed by atoms with Crippen molar-refractivity contribution in [3.8, 4) is 17.0 Å². The van der Waals surface area contributed by atoms with Gasteiger partial charge in [-0.2, -0.15) is 10.2 Å². The molecule has 0 aliphatic rings. The molecule has 0 spiro atoms.